The molecule has 4 heteroatoms. The van der Waals surface area contributed by atoms with Crippen molar-refractivity contribution in [3.63, 3.8) is 0 Å². The molecular formula is C14H20O4. The predicted molar refractivity (Wildman–Crippen MR) is 64.2 cm³/mol. The van der Waals surface area contributed by atoms with Crippen molar-refractivity contribution in [2.45, 2.75) is 63.6 Å². The van der Waals surface area contributed by atoms with Gasteiger partial charge >= 0.3 is 5.97 Å². The maximum Gasteiger partial charge on any atom is 0.319 e. The highest BCUT2D eigenvalue weighted by Crippen LogP contribution is 2.55. The van der Waals surface area contributed by atoms with E-state index in [0.29, 0.717) is 12.8 Å². The summed E-state index contributed by atoms with van der Waals surface area (Å²) >= 11 is 0. The first-order chi connectivity index (χ1) is 8.51. The summed E-state index contributed by atoms with van der Waals surface area (Å²) in [6, 6.07) is 0. The molecule has 18 heavy (non-hydrogen) atoms. The fraction of sp³-hybridized carbons (Fsp3) is 0.857. The molecule has 4 atom stereocenters. The second-order valence-electron chi connectivity index (χ2n) is 6.25. The molecule has 1 N–H and O–H groups in total. The summed E-state index contributed by atoms with van der Waals surface area (Å²) < 4.78 is 6.02. The topological polar surface area (TPSA) is 63.6 Å². The Balaban J connectivity index is 2.09. The summed E-state index contributed by atoms with van der Waals surface area (Å²) in [4.78, 5) is 24.5. The number of Topliss-reactive ketones (excluding diaryl/α,β-unsaturated/α-hetero) is 1. The van der Waals surface area contributed by atoms with Crippen LogP contribution in [0.5, 0.6) is 0 Å². The molecule has 4 bridgehead atoms. The van der Waals surface area contributed by atoms with E-state index in [1.807, 2.05) is 6.92 Å². The molecule has 0 aromatic carbocycles. The number of carbonyl (C=O) groups excluding carboxylic acids is 1. The van der Waals surface area contributed by atoms with Gasteiger partial charge in [-0.05, 0) is 32.6 Å². The van der Waals surface area contributed by atoms with E-state index >= 15 is 0 Å². The zero-order valence-electron chi connectivity index (χ0n) is 10.8. The Bertz CT molecular complexity index is 405. The van der Waals surface area contributed by atoms with Crippen molar-refractivity contribution >= 4 is 11.8 Å². The molecule has 2 aliphatic heterocycles. The Labute approximate surface area is 107 Å². The van der Waals surface area contributed by atoms with Gasteiger partial charge < -0.3 is 9.84 Å². The number of carbonyl (C=O) groups is 2. The van der Waals surface area contributed by atoms with Crippen LogP contribution in [-0.4, -0.2) is 28.6 Å². The van der Waals surface area contributed by atoms with Crippen LogP contribution in [-0.2, 0) is 14.3 Å². The first kappa shape index (κ1) is 12.2. The van der Waals surface area contributed by atoms with E-state index < -0.39 is 23.1 Å². The highest BCUT2D eigenvalue weighted by Gasteiger charge is 2.66. The number of hydrogen-bond acceptors (Lipinski definition) is 3. The van der Waals surface area contributed by atoms with Gasteiger partial charge in [0.05, 0.1) is 11.7 Å². The van der Waals surface area contributed by atoms with Gasteiger partial charge in [-0.1, -0.05) is 19.3 Å². The first-order valence-electron chi connectivity index (χ1n) is 6.96. The SMILES string of the molecule is C[C@]12CC[C@H](O1)[C@]1(C(=O)O)CCCCC[C@H]2C1=O. The molecule has 0 spiro atoms. The zero-order valence-corrected chi connectivity index (χ0v) is 10.8. The van der Waals surface area contributed by atoms with E-state index in [1.165, 1.54) is 0 Å². The molecule has 3 rings (SSSR count). The van der Waals surface area contributed by atoms with Crippen molar-refractivity contribution in [2.24, 2.45) is 11.3 Å². The molecule has 1 aliphatic carbocycles. The van der Waals surface area contributed by atoms with Gasteiger partial charge in [-0.2, -0.15) is 0 Å². The number of carboxylic acids is 1. The third-order valence-corrected chi connectivity index (χ3v) is 5.30. The van der Waals surface area contributed by atoms with Gasteiger partial charge in [0.15, 0.2) is 11.2 Å². The molecule has 2 saturated heterocycles. The summed E-state index contributed by atoms with van der Waals surface area (Å²) in [5.74, 6) is -1.23. The molecular weight excluding hydrogens is 232 g/mol. The molecule has 2 heterocycles. The number of aliphatic carboxylic acids is 1. The molecule has 0 amide bonds. The number of fused-ring (bicyclic) bond motifs is 6. The van der Waals surface area contributed by atoms with Gasteiger partial charge in [0.2, 0.25) is 0 Å². The third-order valence-electron chi connectivity index (χ3n) is 5.30. The van der Waals surface area contributed by atoms with Gasteiger partial charge in [-0.25, -0.2) is 0 Å². The minimum atomic E-state index is -1.25. The lowest BCUT2D eigenvalue weighted by molar-refractivity contribution is -0.197. The molecule has 3 aliphatic rings. The largest absolute Gasteiger partial charge is 0.480 e. The van der Waals surface area contributed by atoms with Gasteiger partial charge in [0.1, 0.15) is 0 Å². The monoisotopic (exact) mass is 252 g/mol. The summed E-state index contributed by atoms with van der Waals surface area (Å²) in [5, 5.41) is 9.63. The van der Waals surface area contributed by atoms with E-state index in [1.54, 1.807) is 0 Å². The lowest BCUT2D eigenvalue weighted by Crippen LogP contribution is -2.60. The minimum absolute atomic E-state index is 0.0500. The average molecular weight is 252 g/mol. The molecule has 0 aromatic heterocycles. The van der Waals surface area contributed by atoms with Crippen LogP contribution in [0.15, 0.2) is 0 Å². The Kier molecular flexibility index (Phi) is 2.56. The van der Waals surface area contributed by atoms with Crippen LogP contribution in [0.2, 0.25) is 0 Å². The lowest BCUT2D eigenvalue weighted by Gasteiger charge is -2.47. The Hall–Kier alpha value is -0.900. The molecule has 0 unspecified atom stereocenters. The molecule has 1 saturated carbocycles. The Morgan fingerprint density at radius 2 is 2.06 bits per heavy atom. The van der Waals surface area contributed by atoms with Crippen LogP contribution in [0.1, 0.15) is 51.9 Å². The molecule has 100 valence electrons. The molecule has 0 radical (unpaired) electrons. The second kappa shape index (κ2) is 3.80. The standard InChI is InChI=1S/C14H20O4/c1-13-8-6-10(18-13)14(12(16)17)7-4-2-3-5-9(13)11(14)15/h9-10H,2-8H2,1H3,(H,16,17)/t9-,10-,13+,14+/m0/s1. The third kappa shape index (κ3) is 1.35. The van der Waals surface area contributed by atoms with Crippen LogP contribution < -0.4 is 0 Å². The Morgan fingerprint density at radius 3 is 2.78 bits per heavy atom. The van der Waals surface area contributed by atoms with Crippen LogP contribution in [0, 0.1) is 11.3 Å². The van der Waals surface area contributed by atoms with Crippen molar-refractivity contribution in [2.75, 3.05) is 0 Å². The maximum atomic E-state index is 12.7. The fourth-order valence-corrected chi connectivity index (χ4v) is 4.21. The average Bonchev–Trinajstić information content (AvgIpc) is 2.64. The minimum Gasteiger partial charge on any atom is -0.480 e. The number of hydrogen-bond donors (Lipinski definition) is 1. The van der Waals surface area contributed by atoms with Crippen molar-refractivity contribution in [3.8, 4) is 0 Å². The highest BCUT2D eigenvalue weighted by atomic mass is 16.5. The normalized spacial score (nSPS) is 47.5. The summed E-state index contributed by atoms with van der Waals surface area (Å²) in [6.07, 6.45) is 5.24. The van der Waals surface area contributed by atoms with Crippen molar-refractivity contribution in [1.29, 1.82) is 0 Å². The van der Waals surface area contributed by atoms with E-state index in [0.717, 1.165) is 32.1 Å². The second-order valence-corrected chi connectivity index (χ2v) is 6.25. The quantitative estimate of drug-likeness (QED) is 0.726. The van der Waals surface area contributed by atoms with E-state index in [4.69, 9.17) is 4.74 Å². The van der Waals surface area contributed by atoms with Crippen LogP contribution >= 0.6 is 0 Å². The fourth-order valence-electron chi connectivity index (χ4n) is 4.21. The number of ketones is 1. The number of carboxylic acid groups (broad SMARTS) is 1. The molecule has 3 fully saturated rings. The van der Waals surface area contributed by atoms with E-state index in [9.17, 15) is 14.7 Å². The molecule has 0 aromatic rings. The van der Waals surface area contributed by atoms with Crippen LogP contribution in [0.4, 0.5) is 0 Å². The maximum absolute atomic E-state index is 12.7. The molecule has 4 nitrogen and oxygen atoms in total. The highest BCUT2D eigenvalue weighted by molar-refractivity contribution is 6.06. The van der Waals surface area contributed by atoms with E-state index in [2.05, 4.69) is 0 Å². The lowest BCUT2D eigenvalue weighted by atomic mass is 9.64. The Morgan fingerprint density at radius 1 is 1.28 bits per heavy atom. The van der Waals surface area contributed by atoms with Gasteiger partial charge in [-0.3, -0.25) is 9.59 Å². The summed E-state index contributed by atoms with van der Waals surface area (Å²) in [5.41, 5.74) is -1.65. The smallest absolute Gasteiger partial charge is 0.319 e. The first-order valence-corrected chi connectivity index (χ1v) is 6.96. The zero-order chi connectivity index (χ0) is 13.0. The van der Waals surface area contributed by atoms with Gasteiger partial charge in [0, 0.05) is 5.92 Å². The summed E-state index contributed by atoms with van der Waals surface area (Å²) in [7, 11) is 0. The van der Waals surface area contributed by atoms with Crippen molar-refractivity contribution in [3.05, 3.63) is 0 Å². The predicted octanol–water partition coefficient (Wildman–Crippen LogP) is 2.16. The summed E-state index contributed by atoms with van der Waals surface area (Å²) in [6.45, 7) is 1.99. The van der Waals surface area contributed by atoms with Gasteiger partial charge in [0.25, 0.3) is 0 Å². The van der Waals surface area contributed by atoms with E-state index in [-0.39, 0.29) is 11.7 Å². The van der Waals surface area contributed by atoms with Gasteiger partial charge in [-0.15, -0.1) is 0 Å². The van der Waals surface area contributed by atoms with Crippen LogP contribution in [0.3, 0.4) is 0 Å². The van der Waals surface area contributed by atoms with Crippen molar-refractivity contribution in [1.82, 2.24) is 0 Å². The van der Waals surface area contributed by atoms with Crippen LogP contribution in [0.25, 0.3) is 0 Å². The van der Waals surface area contributed by atoms with Crippen molar-refractivity contribution < 1.29 is 19.4 Å². The number of ether oxygens (including phenoxy) is 1. The number of rotatable bonds is 1.